The molecule has 4 nitrogen and oxygen atoms in total. The van der Waals surface area contributed by atoms with Crippen LogP contribution in [0.2, 0.25) is 0 Å². The minimum absolute atomic E-state index is 0.0898. The maximum Gasteiger partial charge on any atom is 0.240 e. The minimum Gasteiger partial charge on any atom is -0.273 e. The molecule has 0 atom stereocenters. The first kappa shape index (κ1) is 16.2. The second-order valence-corrected chi connectivity index (χ2v) is 6.27. The number of fused-ring (bicyclic) bond motifs is 1. The van der Waals surface area contributed by atoms with Gasteiger partial charge in [0, 0.05) is 28.7 Å². The lowest BCUT2D eigenvalue weighted by Crippen LogP contribution is -2.17. The number of hydrazone groups is 1. The zero-order chi connectivity index (χ0) is 16.6. The SMILES string of the molecule is O=C(CCSc1ccnc2ccccc12)NN=Cc1ccccc1. The molecule has 24 heavy (non-hydrogen) atoms. The maximum absolute atomic E-state index is 11.8. The fourth-order valence-electron chi connectivity index (χ4n) is 2.22. The molecule has 1 heterocycles. The molecule has 0 saturated heterocycles. The van der Waals surface area contributed by atoms with Crippen molar-refractivity contribution in [1.82, 2.24) is 10.4 Å². The summed E-state index contributed by atoms with van der Waals surface area (Å²) < 4.78 is 0. The van der Waals surface area contributed by atoms with E-state index in [2.05, 4.69) is 21.6 Å². The highest BCUT2D eigenvalue weighted by molar-refractivity contribution is 7.99. The number of thioether (sulfide) groups is 1. The summed E-state index contributed by atoms with van der Waals surface area (Å²) in [5.74, 6) is 0.605. The van der Waals surface area contributed by atoms with Gasteiger partial charge in [-0.05, 0) is 17.7 Å². The summed E-state index contributed by atoms with van der Waals surface area (Å²) in [5.41, 5.74) is 4.49. The van der Waals surface area contributed by atoms with Crippen molar-refractivity contribution in [3.8, 4) is 0 Å². The second-order valence-electron chi connectivity index (χ2n) is 5.13. The van der Waals surface area contributed by atoms with Crippen LogP contribution in [0, 0.1) is 0 Å². The number of aromatic nitrogens is 1. The van der Waals surface area contributed by atoms with E-state index in [0.29, 0.717) is 12.2 Å². The highest BCUT2D eigenvalue weighted by Gasteiger charge is 2.04. The third-order valence-corrected chi connectivity index (χ3v) is 4.47. The smallest absolute Gasteiger partial charge is 0.240 e. The van der Waals surface area contributed by atoms with E-state index in [1.54, 1.807) is 24.2 Å². The quantitative estimate of drug-likeness (QED) is 0.423. The zero-order valence-corrected chi connectivity index (χ0v) is 13.9. The summed E-state index contributed by atoms with van der Waals surface area (Å²) >= 11 is 1.66. The van der Waals surface area contributed by atoms with Crippen LogP contribution in [0.1, 0.15) is 12.0 Å². The van der Waals surface area contributed by atoms with Crippen LogP contribution in [0.3, 0.4) is 0 Å². The van der Waals surface area contributed by atoms with Gasteiger partial charge in [0.1, 0.15) is 0 Å². The molecule has 0 radical (unpaired) electrons. The van der Waals surface area contributed by atoms with Crippen molar-refractivity contribution < 1.29 is 4.79 Å². The molecule has 0 aliphatic rings. The molecular weight excluding hydrogens is 318 g/mol. The van der Waals surface area contributed by atoms with Crippen LogP contribution >= 0.6 is 11.8 Å². The van der Waals surface area contributed by atoms with Gasteiger partial charge < -0.3 is 0 Å². The van der Waals surface area contributed by atoms with E-state index < -0.39 is 0 Å². The molecule has 0 aliphatic heterocycles. The molecule has 1 amide bonds. The number of benzene rings is 2. The van der Waals surface area contributed by atoms with Crippen molar-refractivity contribution in [1.29, 1.82) is 0 Å². The number of para-hydroxylation sites is 1. The lowest BCUT2D eigenvalue weighted by molar-refractivity contribution is -0.120. The van der Waals surface area contributed by atoms with Crippen LogP contribution in [0.15, 0.2) is 76.9 Å². The second kappa shape index (κ2) is 8.26. The molecule has 0 bridgehead atoms. The van der Waals surface area contributed by atoms with Crippen molar-refractivity contribution in [2.45, 2.75) is 11.3 Å². The van der Waals surface area contributed by atoms with Crippen LogP contribution < -0.4 is 5.43 Å². The Bertz CT molecular complexity index is 844. The summed E-state index contributed by atoms with van der Waals surface area (Å²) in [6.45, 7) is 0. The Labute approximate surface area is 145 Å². The normalized spacial score (nSPS) is 11.0. The molecule has 3 rings (SSSR count). The Hall–Kier alpha value is -2.66. The Morgan fingerprint density at radius 2 is 1.88 bits per heavy atom. The van der Waals surface area contributed by atoms with E-state index in [-0.39, 0.29) is 5.91 Å². The van der Waals surface area contributed by atoms with Gasteiger partial charge in [0.05, 0.1) is 11.7 Å². The van der Waals surface area contributed by atoms with Gasteiger partial charge >= 0.3 is 0 Å². The largest absolute Gasteiger partial charge is 0.273 e. The number of rotatable bonds is 6. The van der Waals surface area contributed by atoms with Gasteiger partial charge in [-0.3, -0.25) is 9.78 Å². The molecule has 0 spiro atoms. The van der Waals surface area contributed by atoms with Gasteiger partial charge in [-0.15, -0.1) is 11.8 Å². The van der Waals surface area contributed by atoms with Crippen LogP contribution in [0.25, 0.3) is 10.9 Å². The number of amides is 1. The molecule has 2 aromatic carbocycles. The summed E-state index contributed by atoms with van der Waals surface area (Å²) in [4.78, 5) is 17.3. The summed E-state index contributed by atoms with van der Waals surface area (Å²) in [6.07, 6.45) is 3.85. The third-order valence-electron chi connectivity index (χ3n) is 3.40. The molecule has 0 aliphatic carbocycles. The molecular formula is C19H17N3OS. The number of nitrogens with zero attached hydrogens (tertiary/aromatic N) is 2. The first-order valence-corrected chi connectivity index (χ1v) is 8.65. The highest BCUT2D eigenvalue weighted by Crippen LogP contribution is 2.26. The molecule has 0 fully saturated rings. The number of nitrogens with one attached hydrogen (secondary N) is 1. The lowest BCUT2D eigenvalue weighted by atomic mass is 10.2. The van der Waals surface area contributed by atoms with E-state index >= 15 is 0 Å². The molecule has 120 valence electrons. The monoisotopic (exact) mass is 335 g/mol. The fraction of sp³-hybridized carbons (Fsp3) is 0.105. The molecule has 0 unspecified atom stereocenters. The number of hydrogen-bond acceptors (Lipinski definition) is 4. The summed E-state index contributed by atoms with van der Waals surface area (Å²) in [7, 11) is 0. The molecule has 1 aromatic heterocycles. The van der Waals surface area contributed by atoms with Crippen molar-refractivity contribution in [2.75, 3.05) is 5.75 Å². The standard InChI is InChI=1S/C19H17N3OS/c23-19(22-21-14-15-6-2-1-3-7-15)11-13-24-18-10-12-20-17-9-5-4-8-16(17)18/h1-10,12,14H,11,13H2,(H,22,23). The van der Waals surface area contributed by atoms with E-state index in [0.717, 1.165) is 21.4 Å². The number of carbonyl (C=O) groups excluding carboxylic acids is 1. The fourth-order valence-corrected chi connectivity index (χ4v) is 3.22. The topological polar surface area (TPSA) is 54.4 Å². The summed E-state index contributed by atoms with van der Waals surface area (Å²) in [6, 6.07) is 19.7. The Kier molecular flexibility index (Phi) is 5.58. The Morgan fingerprint density at radius 3 is 2.75 bits per heavy atom. The third kappa shape index (κ3) is 4.43. The average molecular weight is 335 g/mol. The van der Waals surface area contributed by atoms with E-state index in [4.69, 9.17) is 0 Å². The first-order valence-electron chi connectivity index (χ1n) is 7.66. The highest BCUT2D eigenvalue weighted by atomic mass is 32.2. The predicted octanol–water partition coefficient (Wildman–Crippen LogP) is 3.87. The minimum atomic E-state index is -0.0898. The van der Waals surface area contributed by atoms with Gasteiger partial charge in [-0.1, -0.05) is 48.5 Å². The van der Waals surface area contributed by atoms with Crippen molar-refractivity contribution in [3.05, 3.63) is 72.4 Å². The van der Waals surface area contributed by atoms with Gasteiger partial charge in [0.15, 0.2) is 0 Å². The molecule has 3 aromatic rings. The molecule has 0 saturated carbocycles. The molecule has 5 heteroatoms. The average Bonchev–Trinajstić information content (AvgIpc) is 2.63. The van der Waals surface area contributed by atoms with Crippen LogP contribution in [-0.4, -0.2) is 22.9 Å². The van der Waals surface area contributed by atoms with Gasteiger partial charge in [0.25, 0.3) is 0 Å². The number of carbonyl (C=O) groups is 1. The van der Waals surface area contributed by atoms with E-state index in [9.17, 15) is 4.79 Å². The Morgan fingerprint density at radius 1 is 1.08 bits per heavy atom. The van der Waals surface area contributed by atoms with Crippen LogP contribution in [-0.2, 0) is 4.79 Å². The lowest BCUT2D eigenvalue weighted by Gasteiger charge is -2.05. The van der Waals surface area contributed by atoms with Gasteiger partial charge in [-0.2, -0.15) is 5.10 Å². The van der Waals surface area contributed by atoms with Crippen molar-refractivity contribution in [2.24, 2.45) is 5.10 Å². The number of pyridine rings is 1. The number of hydrogen-bond donors (Lipinski definition) is 1. The van der Waals surface area contributed by atoms with Crippen LogP contribution in [0.5, 0.6) is 0 Å². The zero-order valence-electron chi connectivity index (χ0n) is 13.1. The molecule has 1 N–H and O–H groups in total. The van der Waals surface area contributed by atoms with Gasteiger partial charge in [-0.25, -0.2) is 5.43 Å². The maximum atomic E-state index is 11.8. The van der Waals surface area contributed by atoms with Crippen molar-refractivity contribution >= 4 is 34.8 Å². The van der Waals surface area contributed by atoms with E-state index in [1.165, 1.54) is 0 Å². The Balaban J connectivity index is 1.49. The first-order chi connectivity index (χ1) is 11.8. The van der Waals surface area contributed by atoms with Crippen molar-refractivity contribution in [3.63, 3.8) is 0 Å². The van der Waals surface area contributed by atoms with Gasteiger partial charge in [0.2, 0.25) is 5.91 Å². The summed E-state index contributed by atoms with van der Waals surface area (Å²) in [5, 5.41) is 5.09. The van der Waals surface area contributed by atoms with E-state index in [1.807, 2.05) is 54.6 Å². The predicted molar refractivity (Wildman–Crippen MR) is 99.3 cm³/mol. The van der Waals surface area contributed by atoms with Crippen LogP contribution in [0.4, 0.5) is 0 Å².